The number of nitrogens with two attached hydrogens (primary N) is 1. The van der Waals surface area contributed by atoms with Gasteiger partial charge in [0.25, 0.3) is 0 Å². The van der Waals surface area contributed by atoms with E-state index in [-0.39, 0.29) is 0 Å². The van der Waals surface area contributed by atoms with Crippen LogP contribution in [0.1, 0.15) is 31.2 Å². The van der Waals surface area contributed by atoms with Gasteiger partial charge in [0.2, 0.25) is 0 Å². The largest absolute Gasteiger partial charge is 0.496 e. The summed E-state index contributed by atoms with van der Waals surface area (Å²) in [5, 5.41) is 2.56. The molecular formula is C19H25NO2. The van der Waals surface area contributed by atoms with Crippen molar-refractivity contribution in [2.75, 3.05) is 13.7 Å². The molecule has 1 fully saturated rings. The third kappa shape index (κ3) is 3.26. The van der Waals surface area contributed by atoms with Crippen LogP contribution in [0.3, 0.4) is 0 Å². The highest BCUT2D eigenvalue weighted by Gasteiger charge is 2.24. The molecule has 3 rings (SSSR count). The van der Waals surface area contributed by atoms with Gasteiger partial charge in [0.1, 0.15) is 5.75 Å². The number of benzene rings is 2. The standard InChI is InChI=1S/C19H25NO2/c1-21-19-11-6-14-4-2-3-5-17(14)18(19)10-9-15-7-8-16(22-15)12-13-20/h2-6,11,15-16H,7-10,12-13,20H2,1H3/t15?,16-/m1/s1. The SMILES string of the molecule is COc1ccc2ccccc2c1CCC1CC[C@H](CCN)O1. The van der Waals surface area contributed by atoms with Crippen molar-refractivity contribution in [3.63, 3.8) is 0 Å². The molecule has 0 bridgehead atoms. The Balaban J connectivity index is 1.73. The fourth-order valence-corrected chi connectivity index (χ4v) is 3.46. The van der Waals surface area contributed by atoms with E-state index in [4.69, 9.17) is 15.2 Å². The summed E-state index contributed by atoms with van der Waals surface area (Å²) in [5.74, 6) is 0.982. The van der Waals surface area contributed by atoms with Gasteiger partial charge in [-0.25, -0.2) is 0 Å². The van der Waals surface area contributed by atoms with Crippen LogP contribution in [0.5, 0.6) is 5.75 Å². The van der Waals surface area contributed by atoms with Crippen molar-refractivity contribution in [1.29, 1.82) is 0 Å². The fraction of sp³-hybridized carbons (Fsp3) is 0.474. The molecule has 2 aromatic carbocycles. The maximum Gasteiger partial charge on any atom is 0.122 e. The van der Waals surface area contributed by atoms with E-state index in [1.165, 1.54) is 16.3 Å². The smallest absolute Gasteiger partial charge is 0.122 e. The quantitative estimate of drug-likeness (QED) is 0.885. The molecule has 0 aliphatic carbocycles. The van der Waals surface area contributed by atoms with Crippen LogP contribution in [-0.4, -0.2) is 25.9 Å². The van der Waals surface area contributed by atoms with Crippen LogP contribution in [0.25, 0.3) is 10.8 Å². The third-order valence-electron chi connectivity index (χ3n) is 4.62. The van der Waals surface area contributed by atoms with E-state index in [2.05, 4.69) is 36.4 Å². The van der Waals surface area contributed by atoms with Gasteiger partial charge in [-0.2, -0.15) is 0 Å². The van der Waals surface area contributed by atoms with E-state index < -0.39 is 0 Å². The Morgan fingerprint density at radius 1 is 1.09 bits per heavy atom. The number of fused-ring (bicyclic) bond motifs is 1. The summed E-state index contributed by atoms with van der Waals surface area (Å²) in [5.41, 5.74) is 6.92. The first-order valence-electron chi connectivity index (χ1n) is 8.22. The molecule has 1 aliphatic rings. The van der Waals surface area contributed by atoms with Crippen molar-refractivity contribution in [3.8, 4) is 5.75 Å². The lowest BCUT2D eigenvalue weighted by Gasteiger charge is -2.16. The molecule has 0 amide bonds. The van der Waals surface area contributed by atoms with Crippen molar-refractivity contribution >= 4 is 10.8 Å². The Hall–Kier alpha value is -1.58. The topological polar surface area (TPSA) is 44.5 Å². The summed E-state index contributed by atoms with van der Waals surface area (Å²) in [6, 6.07) is 12.7. The van der Waals surface area contributed by atoms with E-state index in [9.17, 15) is 0 Å². The summed E-state index contributed by atoms with van der Waals surface area (Å²) in [7, 11) is 1.75. The van der Waals surface area contributed by atoms with Crippen LogP contribution >= 0.6 is 0 Å². The van der Waals surface area contributed by atoms with Gasteiger partial charge in [0.15, 0.2) is 0 Å². The molecule has 2 aromatic rings. The second-order valence-electron chi connectivity index (χ2n) is 6.04. The number of methoxy groups -OCH3 is 1. The van der Waals surface area contributed by atoms with Crippen molar-refractivity contribution in [2.24, 2.45) is 5.73 Å². The molecule has 0 aromatic heterocycles. The van der Waals surface area contributed by atoms with Crippen molar-refractivity contribution < 1.29 is 9.47 Å². The molecule has 3 heteroatoms. The van der Waals surface area contributed by atoms with Gasteiger partial charge in [0, 0.05) is 5.56 Å². The molecule has 0 saturated carbocycles. The maximum absolute atomic E-state index is 6.09. The Morgan fingerprint density at radius 3 is 2.64 bits per heavy atom. The minimum atomic E-state index is 0.361. The lowest BCUT2D eigenvalue weighted by molar-refractivity contribution is 0.0378. The normalized spacial score (nSPS) is 21.4. The van der Waals surface area contributed by atoms with Crippen LogP contribution in [0, 0.1) is 0 Å². The zero-order chi connectivity index (χ0) is 15.4. The first-order valence-corrected chi connectivity index (χ1v) is 8.22. The summed E-state index contributed by atoms with van der Waals surface area (Å²) in [6.45, 7) is 0.717. The summed E-state index contributed by atoms with van der Waals surface area (Å²) in [4.78, 5) is 0. The number of rotatable bonds is 6. The monoisotopic (exact) mass is 299 g/mol. The van der Waals surface area contributed by atoms with E-state index >= 15 is 0 Å². The highest BCUT2D eigenvalue weighted by Crippen LogP contribution is 2.31. The molecule has 1 aliphatic heterocycles. The number of hydrogen-bond acceptors (Lipinski definition) is 3. The molecule has 3 nitrogen and oxygen atoms in total. The van der Waals surface area contributed by atoms with Crippen LogP contribution < -0.4 is 10.5 Å². The summed E-state index contributed by atoms with van der Waals surface area (Å²) < 4.78 is 11.7. The molecular weight excluding hydrogens is 274 g/mol. The number of ether oxygens (including phenoxy) is 2. The first-order chi connectivity index (χ1) is 10.8. The number of hydrogen-bond donors (Lipinski definition) is 1. The van der Waals surface area contributed by atoms with E-state index in [0.29, 0.717) is 18.8 Å². The van der Waals surface area contributed by atoms with Crippen molar-refractivity contribution in [2.45, 2.75) is 44.3 Å². The van der Waals surface area contributed by atoms with Crippen LogP contribution in [0.2, 0.25) is 0 Å². The van der Waals surface area contributed by atoms with E-state index in [0.717, 1.165) is 37.9 Å². The Morgan fingerprint density at radius 2 is 1.86 bits per heavy atom. The van der Waals surface area contributed by atoms with Gasteiger partial charge in [0.05, 0.1) is 19.3 Å². The first kappa shape index (κ1) is 15.3. The van der Waals surface area contributed by atoms with Crippen molar-refractivity contribution in [3.05, 3.63) is 42.0 Å². The van der Waals surface area contributed by atoms with Gasteiger partial charge in [-0.05, 0) is 55.5 Å². The van der Waals surface area contributed by atoms with Gasteiger partial charge >= 0.3 is 0 Å². The zero-order valence-electron chi connectivity index (χ0n) is 13.3. The molecule has 22 heavy (non-hydrogen) atoms. The summed E-state index contributed by atoms with van der Waals surface area (Å²) >= 11 is 0. The van der Waals surface area contributed by atoms with Crippen LogP contribution in [0.4, 0.5) is 0 Å². The number of aryl methyl sites for hydroxylation is 1. The van der Waals surface area contributed by atoms with E-state index in [1.54, 1.807) is 7.11 Å². The van der Waals surface area contributed by atoms with Crippen molar-refractivity contribution in [1.82, 2.24) is 0 Å². The van der Waals surface area contributed by atoms with Gasteiger partial charge in [-0.1, -0.05) is 30.3 Å². The molecule has 1 unspecified atom stereocenters. The second-order valence-corrected chi connectivity index (χ2v) is 6.04. The van der Waals surface area contributed by atoms with Crippen LogP contribution in [-0.2, 0) is 11.2 Å². The molecule has 2 N–H and O–H groups in total. The minimum Gasteiger partial charge on any atom is -0.496 e. The lowest BCUT2D eigenvalue weighted by Crippen LogP contribution is -2.15. The predicted molar refractivity (Wildman–Crippen MR) is 90.4 cm³/mol. The third-order valence-corrected chi connectivity index (χ3v) is 4.62. The molecule has 1 heterocycles. The highest BCUT2D eigenvalue weighted by molar-refractivity contribution is 5.87. The molecule has 118 valence electrons. The Kier molecular flexibility index (Phi) is 4.96. The van der Waals surface area contributed by atoms with Gasteiger partial charge < -0.3 is 15.2 Å². The molecule has 0 spiro atoms. The van der Waals surface area contributed by atoms with Crippen LogP contribution in [0.15, 0.2) is 36.4 Å². The summed E-state index contributed by atoms with van der Waals surface area (Å²) in [6.07, 6.45) is 6.04. The zero-order valence-corrected chi connectivity index (χ0v) is 13.3. The Labute approximate surface area is 132 Å². The second kappa shape index (κ2) is 7.12. The molecule has 0 radical (unpaired) electrons. The predicted octanol–water partition coefficient (Wildman–Crippen LogP) is 3.68. The fourth-order valence-electron chi connectivity index (χ4n) is 3.46. The highest BCUT2D eigenvalue weighted by atomic mass is 16.5. The average molecular weight is 299 g/mol. The van der Waals surface area contributed by atoms with E-state index in [1.807, 2.05) is 0 Å². The Bertz CT molecular complexity index is 626. The molecule has 2 atom stereocenters. The maximum atomic E-state index is 6.09. The molecule has 1 saturated heterocycles. The van der Waals surface area contributed by atoms with Gasteiger partial charge in [-0.3, -0.25) is 0 Å². The minimum absolute atomic E-state index is 0.361. The lowest BCUT2D eigenvalue weighted by atomic mass is 9.97. The average Bonchev–Trinajstić information content (AvgIpc) is 3.00. The van der Waals surface area contributed by atoms with Gasteiger partial charge in [-0.15, -0.1) is 0 Å².